The maximum atomic E-state index is 13.3. The molecule has 1 aliphatic rings. The summed E-state index contributed by atoms with van der Waals surface area (Å²) < 4.78 is 31.4. The maximum absolute atomic E-state index is 13.3. The average Bonchev–Trinajstić information content (AvgIpc) is 3.46. The normalized spacial score (nSPS) is 17.3. The Hall–Kier alpha value is -2.85. The summed E-state index contributed by atoms with van der Waals surface area (Å²) in [5, 5.41) is 9.16. The van der Waals surface area contributed by atoms with Crippen LogP contribution in [0.5, 0.6) is 0 Å². The molecule has 0 spiro atoms. The standard InChI is InChI=1S/C22H24N4O4S2/c1-3-11-25-21(19-9-12-30-16(19)2)23-24-22(25)31-14-20(27)26(17-7-5-4-6-8-17)18-10-13-32(28,29)15-18/h3-9,12,18H,1,10-11,13-15H2,2H3/t18-/m0/s1. The number of hydrogen-bond acceptors (Lipinski definition) is 7. The number of nitrogens with zero attached hydrogens (tertiary/aromatic N) is 4. The quantitative estimate of drug-likeness (QED) is 0.366. The Morgan fingerprint density at radius 1 is 1.31 bits per heavy atom. The highest BCUT2D eigenvalue weighted by atomic mass is 32.2. The molecule has 10 heteroatoms. The lowest BCUT2D eigenvalue weighted by atomic mass is 10.2. The Bertz CT molecular complexity index is 1220. The van der Waals surface area contributed by atoms with Gasteiger partial charge in [0.05, 0.1) is 35.1 Å². The average molecular weight is 473 g/mol. The molecule has 0 unspecified atom stereocenters. The lowest BCUT2D eigenvalue weighted by Crippen LogP contribution is -2.42. The molecule has 4 rings (SSSR count). The van der Waals surface area contributed by atoms with Crippen LogP contribution in [0.25, 0.3) is 11.4 Å². The van der Waals surface area contributed by atoms with Crippen LogP contribution in [0, 0.1) is 6.92 Å². The van der Waals surface area contributed by atoms with Crippen LogP contribution in [0.1, 0.15) is 12.2 Å². The number of furan rings is 1. The zero-order valence-electron chi connectivity index (χ0n) is 17.7. The second kappa shape index (κ2) is 9.33. The zero-order valence-corrected chi connectivity index (χ0v) is 19.3. The number of sulfone groups is 1. The SMILES string of the molecule is C=CCn1c(SCC(=O)N(c2ccccc2)[C@H]2CCS(=O)(=O)C2)nnc1-c1ccoc1C. The van der Waals surface area contributed by atoms with Gasteiger partial charge in [-0.3, -0.25) is 9.36 Å². The second-order valence-electron chi connectivity index (χ2n) is 7.54. The van der Waals surface area contributed by atoms with Crippen LogP contribution >= 0.6 is 11.8 Å². The van der Waals surface area contributed by atoms with Crippen molar-refractivity contribution in [2.45, 2.75) is 31.1 Å². The molecule has 0 saturated carbocycles. The van der Waals surface area contributed by atoms with Gasteiger partial charge < -0.3 is 9.32 Å². The summed E-state index contributed by atoms with van der Waals surface area (Å²) in [6, 6.07) is 10.7. The van der Waals surface area contributed by atoms with E-state index in [0.717, 1.165) is 11.3 Å². The van der Waals surface area contributed by atoms with Crippen molar-refractivity contribution in [3.05, 3.63) is 61.1 Å². The van der Waals surface area contributed by atoms with E-state index >= 15 is 0 Å². The van der Waals surface area contributed by atoms with Gasteiger partial charge in [0.15, 0.2) is 20.8 Å². The fourth-order valence-electron chi connectivity index (χ4n) is 3.83. The summed E-state index contributed by atoms with van der Waals surface area (Å²) in [6.07, 6.45) is 3.78. The fraction of sp³-hybridized carbons (Fsp3) is 0.318. The van der Waals surface area contributed by atoms with E-state index in [0.29, 0.717) is 29.6 Å². The minimum atomic E-state index is -3.14. The van der Waals surface area contributed by atoms with Crippen LogP contribution in [0.2, 0.25) is 0 Å². The Balaban J connectivity index is 1.57. The number of aromatic nitrogens is 3. The Kier molecular flexibility index (Phi) is 6.52. The largest absolute Gasteiger partial charge is 0.469 e. The summed E-state index contributed by atoms with van der Waals surface area (Å²) in [4.78, 5) is 14.9. The molecular weight excluding hydrogens is 448 g/mol. The third kappa shape index (κ3) is 4.66. The third-order valence-electron chi connectivity index (χ3n) is 5.33. The summed E-state index contributed by atoms with van der Waals surface area (Å²) in [7, 11) is -3.14. The number of para-hydroxylation sites is 1. The van der Waals surface area contributed by atoms with E-state index in [1.165, 1.54) is 11.8 Å². The van der Waals surface area contributed by atoms with Crippen molar-refractivity contribution >= 4 is 33.2 Å². The van der Waals surface area contributed by atoms with Crippen molar-refractivity contribution in [2.75, 3.05) is 22.2 Å². The molecule has 168 valence electrons. The van der Waals surface area contributed by atoms with E-state index in [1.54, 1.807) is 17.2 Å². The molecule has 1 aliphatic heterocycles. The van der Waals surface area contributed by atoms with Crippen LogP contribution in [0.15, 0.2) is 64.9 Å². The van der Waals surface area contributed by atoms with Gasteiger partial charge in [-0.15, -0.1) is 16.8 Å². The van der Waals surface area contributed by atoms with Crippen LogP contribution in [0.4, 0.5) is 5.69 Å². The van der Waals surface area contributed by atoms with Crippen molar-refractivity contribution < 1.29 is 17.6 Å². The van der Waals surface area contributed by atoms with Crippen LogP contribution in [-0.2, 0) is 21.2 Å². The van der Waals surface area contributed by atoms with E-state index in [1.807, 2.05) is 47.9 Å². The minimum absolute atomic E-state index is 0.0190. The Morgan fingerprint density at radius 3 is 2.72 bits per heavy atom. The van der Waals surface area contributed by atoms with Gasteiger partial charge in [-0.1, -0.05) is 36.0 Å². The monoisotopic (exact) mass is 472 g/mol. The first kappa shape index (κ1) is 22.3. The minimum Gasteiger partial charge on any atom is -0.469 e. The van der Waals surface area contributed by atoms with Crippen molar-refractivity contribution in [3.8, 4) is 11.4 Å². The number of carbonyl (C=O) groups is 1. The third-order valence-corrected chi connectivity index (χ3v) is 8.03. The molecule has 32 heavy (non-hydrogen) atoms. The van der Waals surface area contributed by atoms with Crippen molar-refractivity contribution in [3.63, 3.8) is 0 Å². The smallest absolute Gasteiger partial charge is 0.237 e. The lowest BCUT2D eigenvalue weighted by Gasteiger charge is -2.28. The number of aryl methyl sites for hydroxylation is 1. The topological polar surface area (TPSA) is 98.3 Å². The van der Waals surface area contributed by atoms with Gasteiger partial charge in [0.1, 0.15) is 5.76 Å². The predicted octanol–water partition coefficient (Wildman–Crippen LogP) is 3.34. The molecule has 1 aromatic carbocycles. The van der Waals surface area contributed by atoms with E-state index in [4.69, 9.17) is 4.42 Å². The molecule has 2 aromatic heterocycles. The highest BCUT2D eigenvalue weighted by Gasteiger charge is 2.35. The van der Waals surface area contributed by atoms with E-state index in [-0.39, 0.29) is 29.2 Å². The summed E-state index contributed by atoms with van der Waals surface area (Å²) in [6.45, 7) is 6.14. The highest BCUT2D eigenvalue weighted by molar-refractivity contribution is 7.99. The van der Waals surface area contributed by atoms with Gasteiger partial charge in [0.2, 0.25) is 5.91 Å². The molecule has 0 bridgehead atoms. The molecule has 8 nitrogen and oxygen atoms in total. The van der Waals surface area contributed by atoms with E-state index < -0.39 is 9.84 Å². The number of anilines is 1. The molecule has 1 amide bonds. The first-order valence-electron chi connectivity index (χ1n) is 10.2. The van der Waals surface area contributed by atoms with Gasteiger partial charge in [-0.2, -0.15) is 0 Å². The molecule has 3 heterocycles. The zero-order chi connectivity index (χ0) is 22.7. The number of allylic oxidation sites excluding steroid dienone is 1. The summed E-state index contributed by atoms with van der Waals surface area (Å²) in [5.74, 6) is 1.39. The lowest BCUT2D eigenvalue weighted by molar-refractivity contribution is -0.116. The number of thioether (sulfide) groups is 1. The molecule has 0 radical (unpaired) electrons. The molecule has 1 atom stereocenters. The summed E-state index contributed by atoms with van der Waals surface area (Å²) in [5.41, 5.74) is 1.53. The molecule has 1 fully saturated rings. The van der Waals surface area contributed by atoms with Gasteiger partial charge in [0, 0.05) is 12.2 Å². The molecule has 1 saturated heterocycles. The maximum Gasteiger partial charge on any atom is 0.237 e. The molecule has 0 aliphatic carbocycles. The summed E-state index contributed by atoms with van der Waals surface area (Å²) >= 11 is 1.27. The van der Waals surface area contributed by atoms with Crippen molar-refractivity contribution in [1.29, 1.82) is 0 Å². The highest BCUT2D eigenvalue weighted by Crippen LogP contribution is 2.29. The second-order valence-corrected chi connectivity index (χ2v) is 10.7. The number of carbonyl (C=O) groups excluding carboxylic acids is 1. The van der Waals surface area contributed by atoms with Crippen LogP contribution in [0.3, 0.4) is 0 Å². The molecule has 3 aromatic rings. The number of rotatable bonds is 8. The van der Waals surface area contributed by atoms with Crippen molar-refractivity contribution in [2.24, 2.45) is 0 Å². The fourth-order valence-corrected chi connectivity index (χ4v) is 6.33. The van der Waals surface area contributed by atoms with E-state index in [9.17, 15) is 13.2 Å². The number of amides is 1. The van der Waals surface area contributed by atoms with Crippen LogP contribution in [-0.4, -0.2) is 52.4 Å². The van der Waals surface area contributed by atoms with E-state index in [2.05, 4.69) is 16.8 Å². The van der Waals surface area contributed by atoms with Gasteiger partial charge in [0.25, 0.3) is 0 Å². The number of benzene rings is 1. The molecule has 0 N–H and O–H groups in total. The first-order valence-corrected chi connectivity index (χ1v) is 13.0. The van der Waals surface area contributed by atoms with Gasteiger partial charge in [-0.25, -0.2) is 8.42 Å². The Labute approximate surface area is 191 Å². The van der Waals surface area contributed by atoms with Crippen molar-refractivity contribution in [1.82, 2.24) is 14.8 Å². The van der Waals surface area contributed by atoms with Crippen LogP contribution < -0.4 is 4.90 Å². The number of hydrogen-bond donors (Lipinski definition) is 0. The predicted molar refractivity (Wildman–Crippen MR) is 124 cm³/mol. The van der Waals surface area contributed by atoms with Gasteiger partial charge in [-0.05, 0) is 31.5 Å². The Morgan fingerprint density at radius 2 is 2.09 bits per heavy atom. The first-order chi connectivity index (χ1) is 15.4. The van der Waals surface area contributed by atoms with Gasteiger partial charge >= 0.3 is 0 Å². The molecular formula is C22H24N4O4S2.